The van der Waals surface area contributed by atoms with Crippen LogP contribution in [0.15, 0.2) is 54.6 Å². The van der Waals surface area contributed by atoms with Crippen LogP contribution in [0.5, 0.6) is 0 Å². The van der Waals surface area contributed by atoms with Gasteiger partial charge in [0.2, 0.25) is 0 Å². The number of carbonyl (C=O) groups excluding carboxylic acids is 1. The van der Waals surface area contributed by atoms with E-state index in [0.29, 0.717) is 11.4 Å². The van der Waals surface area contributed by atoms with Gasteiger partial charge in [0.1, 0.15) is 5.60 Å². The van der Waals surface area contributed by atoms with Crippen LogP contribution in [0.3, 0.4) is 0 Å². The Bertz CT molecular complexity index is 687. The molecule has 23 heavy (non-hydrogen) atoms. The number of carbonyl (C=O) groups is 2. The predicted octanol–water partition coefficient (Wildman–Crippen LogP) is 4.46. The molecule has 0 saturated carbocycles. The summed E-state index contributed by atoms with van der Waals surface area (Å²) in [6.45, 7) is 5.38. The van der Waals surface area contributed by atoms with Crippen molar-refractivity contribution in [3.8, 4) is 0 Å². The molecule has 2 aromatic carbocycles. The number of benzene rings is 2. The largest absolute Gasteiger partial charge is 0.478 e. The lowest BCUT2D eigenvalue weighted by Crippen LogP contribution is -2.33. The molecule has 120 valence electrons. The number of aromatic carboxylic acids is 1. The molecule has 0 bridgehead atoms. The first kappa shape index (κ1) is 16.5. The highest BCUT2D eigenvalue weighted by molar-refractivity contribution is 5.97. The summed E-state index contributed by atoms with van der Waals surface area (Å²) in [6.07, 6.45) is -0.522. The molecule has 0 atom stereocenters. The Balaban J connectivity index is 2.41. The fraction of sp³-hybridized carbons (Fsp3) is 0.222. The standard InChI is InChI=1S/C18H19NO4/c1-18(2,3)23-17(22)19(14-7-5-4-6-8-14)15-11-9-13(10-12-15)16(20)21/h4-12H,1-3H3,(H,20,21). The Kier molecular flexibility index (Phi) is 4.69. The highest BCUT2D eigenvalue weighted by Gasteiger charge is 2.24. The second kappa shape index (κ2) is 6.52. The summed E-state index contributed by atoms with van der Waals surface area (Å²) in [5.74, 6) is -1.01. The lowest BCUT2D eigenvalue weighted by Gasteiger charge is -2.27. The van der Waals surface area contributed by atoms with Crippen molar-refractivity contribution < 1.29 is 19.4 Å². The number of nitrogens with zero attached hydrogens (tertiary/aromatic N) is 1. The zero-order valence-electron chi connectivity index (χ0n) is 13.3. The van der Waals surface area contributed by atoms with Gasteiger partial charge in [0.25, 0.3) is 0 Å². The van der Waals surface area contributed by atoms with E-state index in [0.717, 1.165) is 0 Å². The summed E-state index contributed by atoms with van der Waals surface area (Å²) >= 11 is 0. The zero-order valence-corrected chi connectivity index (χ0v) is 13.3. The van der Waals surface area contributed by atoms with Crippen LogP contribution < -0.4 is 4.90 Å². The number of carboxylic acid groups (broad SMARTS) is 1. The van der Waals surface area contributed by atoms with Crippen LogP contribution in [-0.2, 0) is 4.74 Å². The molecule has 0 saturated heterocycles. The van der Waals surface area contributed by atoms with Crippen LogP contribution >= 0.6 is 0 Å². The zero-order chi connectivity index (χ0) is 17.0. The van der Waals surface area contributed by atoms with E-state index in [1.165, 1.54) is 17.0 Å². The number of hydrogen-bond acceptors (Lipinski definition) is 3. The average molecular weight is 313 g/mol. The summed E-state index contributed by atoms with van der Waals surface area (Å²) < 4.78 is 5.46. The maximum absolute atomic E-state index is 12.6. The SMILES string of the molecule is CC(C)(C)OC(=O)N(c1ccccc1)c1ccc(C(=O)O)cc1. The van der Waals surface area contributed by atoms with Crippen molar-refractivity contribution in [3.05, 3.63) is 60.2 Å². The Morgan fingerprint density at radius 3 is 1.91 bits per heavy atom. The smallest absolute Gasteiger partial charge is 0.419 e. The van der Waals surface area contributed by atoms with Crippen molar-refractivity contribution in [1.82, 2.24) is 0 Å². The summed E-state index contributed by atoms with van der Waals surface area (Å²) in [6, 6.07) is 15.1. The van der Waals surface area contributed by atoms with E-state index in [1.54, 1.807) is 45.0 Å². The van der Waals surface area contributed by atoms with E-state index in [1.807, 2.05) is 18.2 Å². The summed E-state index contributed by atoms with van der Waals surface area (Å²) in [4.78, 5) is 24.9. The van der Waals surface area contributed by atoms with Gasteiger partial charge in [0, 0.05) is 0 Å². The molecule has 0 spiro atoms. The Hall–Kier alpha value is -2.82. The maximum Gasteiger partial charge on any atom is 0.419 e. The van der Waals surface area contributed by atoms with Crippen molar-refractivity contribution >= 4 is 23.4 Å². The van der Waals surface area contributed by atoms with Gasteiger partial charge >= 0.3 is 12.1 Å². The third kappa shape index (κ3) is 4.32. The molecular formula is C18H19NO4. The highest BCUT2D eigenvalue weighted by Crippen LogP contribution is 2.27. The number of ether oxygens (including phenoxy) is 1. The fourth-order valence-electron chi connectivity index (χ4n) is 2.00. The quantitative estimate of drug-likeness (QED) is 0.908. The summed E-state index contributed by atoms with van der Waals surface area (Å²) in [5.41, 5.74) is 0.705. The van der Waals surface area contributed by atoms with Crippen LogP contribution in [-0.4, -0.2) is 22.8 Å². The third-order valence-electron chi connectivity index (χ3n) is 2.96. The van der Waals surface area contributed by atoms with Gasteiger partial charge in [-0.05, 0) is 57.2 Å². The lowest BCUT2D eigenvalue weighted by molar-refractivity contribution is 0.0598. The minimum atomic E-state index is -1.01. The van der Waals surface area contributed by atoms with Crippen molar-refractivity contribution in [2.75, 3.05) is 4.90 Å². The molecule has 0 aromatic heterocycles. The molecule has 0 aliphatic heterocycles. The van der Waals surface area contributed by atoms with E-state index >= 15 is 0 Å². The van der Waals surface area contributed by atoms with E-state index in [2.05, 4.69) is 0 Å². The first-order valence-corrected chi connectivity index (χ1v) is 7.19. The fourth-order valence-corrected chi connectivity index (χ4v) is 2.00. The topological polar surface area (TPSA) is 66.8 Å². The Labute approximate surface area is 135 Å². The normalized spacial score (nSPS) is 10.9. The average Bonchev–Trinajstić information content (AvgIpc) is 2.47. The van der Waals surface area contributed by atoms with Crippen LogP contribution in [0.1, 0.15) is 31.1 Å². The molecule has 5 nitrogen and oxygen atoms in total. The van der Waals surface area contributed by atoms with Gasteiger partial charge in [-0.1, -0.05) is 18.2 Å². The van der Waals surface area contributed by atoms with E-state index in [-0.39, 0.29) is 5.56 Å². The molecule has 1 N–H and O–H groups in total. The molecule has 0 aliphatic carbocycles. The number of anilines is 2. The van der Waals surface area contributed by atoms with Gasteiger partial charge in [0.05, 0.1) is 16.9 Å². The molecule has 0 aliphatic rings. The molecular weight excluding hydrogens is 294 g/mol. The van der Waals surface area contributed by atoms with Gasteiger partial charge in [-0.3, -0.25) is 0 Å². The van der Waals surface area contributed by atoms with Crippen molar-refractivity contribution in [2.24, 2.45) is 0 Å². The van der Waals surface area contributed by atoms with Gasteiger partial charge in [0.15, 0.2) is 0 Å². The second-order valence-corrected chi connectivity index (χ2v) is 6.00. The van der Waals surface area contributed by atoms with Gasteiger partial charge in [-0.15, -0.1) is 0 Å². The van der Waals surface area contributed by atoms with Crippen LogP contribution in [0.25, 0.3) is 0 Å². The molecule has 2 rings (SSSR count). The number of amides is 1. The van der Waals surface area contributed by atoms with Gasteiger partial charge in [-0.2, -0.15) is 0 Å². The molecule has 1 amide bonds. The van der Waals surface area contributed by atoms with E-state index in [4.69, 9.17) is 9.84 Å². The van der Waals surface area contributed by atoms with Crippen molar-refractivity contribution in [1.29, 1.82) is 0 Å². The Morgan fingerprint density at radius 2 is 1.43 bits per heavy atom. The van der Waals surface area contributed by atoms with Gasteiger partial charge in [-0.25, -0.2) is 14.5 Å². The van der Waals surface area contributed by atoms with Crippen LogP contribution in [0.4, 0.5) is 16.2 Å². The lowest BCUT2D eigenvalue weighted by atomic mass is 10.2. The molecule has 2 aromatic rings. The molecule has 0 radical (unpaired) electrons. The van der Waals surface area contributed by atoms with Gasteiger partial charge < -0.3 is 9.84 Å². The third-order valence-corrected chi connectivity index (χ3v) is 2.96. The van der Waals surface area contributed by atoms with Crippen molar-refractivity contribution in [3.63, 3.8) is 0 Å². The minimum Gasteiger partial charge on any atom is -0.478 e. The first-order chi connectivity index (χ1) is 10.8. The molecule has 5 heteroatoms. The second-order valence-electron chi connectivity index (χ2n) is 6.00. The monoisotopic (exact) mass is 313 g/mol. The number of carboxylic acids is 1. The first-order valence-electron chi connectivity index (χ1n) is 7.19. The molecule has 0 fully saturated rings. The van der Waals surface area contributed by atoms with Crippen LogP contribution in [0, 0.1) is 0 Å². The number of para-hydroxylation sites is 1. The van der Waals surface area contributed by atoms with Crippen LogP contribution in [0.2, 0.25) is 0 Å². The predicted molar refractivity (Wildman–Crippen MR) is 88.2 cm³/mol. The number of hydrogen-bond donors (Lipinski definition) is 1. The summed E-state index contributed by atoms with van der Waals surface area (Å²) in [5, 5.41) is 8.99. The highest BCUT2D eigenvalue weighted by atomic mass is 16.6. The van der Waals surface area contributed by atoms with E-state index in [9.17, 15) is 9.59 Å². The summed E-state index contributed by atoms with van der Waals surface area (Å²) in [7, 11) is 0. The Morgan fingerprint density at radius 1 is 0.913 bits per heavy atom. The molecule has 0 unspecified atom stereocenters. The molecule has 0 heterocycles. The van der Waals surface area contributed by atoms with Crippen molar-refractivity contribution in [2.45, 2.75) is 26.4 Å². The number of rotatable bonds is 3. The maximum atomic E-state index is 12.6. The minimum absolute atomic E-state index is 0.158. The van der Waals surface area contributed by atoms with E-state index < -0.39 is 17.7 Å².